The van der Waals surface area contributed by atoms with Crippen LogP contribution in [0.25, 0.3) is 0 Å². The van der Waals surface area contributed by atoms with Gasteiger partial charge >= 0.3 is 0 Å². The largest absolute Gasteiger partial charge is 0.497 e. The zero-order valence-electron chi connectivity index (χ0n) is 13.6. The van der Waals surface area contributed by atoms with E-state index in [0.29, 0.717) is 6.04 Å². The number of hydrogen-bond acceptors (Lipinski definition) is 4. The molecule has 1 aromatic rings. The molecule has 0 N–H and O–H groups in total. The summed E-state index contributed by atoms with van der Waals surface area (Å²) in [5.74, 6) is 1.80. The summed E-state index contributed by atoms with van der Waals surface area (Å²) in [7, 11) is 3.41. The fourth-order valence-electron chi connectivity index (χ4n) is 2.46. The minimum absolute atomic E-state index is 0.289. The summed E-state index contributed by atoms with van der Waals surface area (Å²) in [5, 5.41) is 0. The Bertz CT molecular complexity index is 444. The predicted molar refractivity (Wildman–Crippen MR) is 84.1 cm³/mol. The number of hydrogen-bond donors (Lipinski definition) is 0. The molecule has 0 aliphatic heterocycles. The molecular weight excluding hydrogens is 266 g/mol. The molecule has 1 aliphatic rings. The summed E-state index contributed by atoms with van der Waals surface area (Å²) in [6.07, 6.45) is 2.86. The molecule has 21 heavy (non-hydrogen) atoms. The SMILES string of the molecule is COc1ccc(OC)c(CN(CCOC(C)C)C2CC2)c1. The maximum atomic E-state index is 5.69. The zero-order valence-corrected chi connectivity index (χ0v) is 13.6. The molecule has 0 unspecified atom stereocenters. The highest BCUT2D eigenvalue weighted by Gasteiger charge is 2.29. The highest BCUT2D eigenvalue weighted by atomic mass is 16.5. The van der Waals surface area contributed by atoms with E-state index in [1.807, 2.05) is 12.1 Å². The lowest BCUT2D eigenvalue weighted by Gasteiger charge is -2.24. The lowest BCUT2D eigenvalue weighted by atomic mass is 10.1. The molecule has 1 aliphatic carbocycles. The third kappa shape index (κ3) is 4.90. The van der Waals surface area contributed by atoms with E-state index in [1.54, 1.807) is 14.2 Å². The molecule has 0 bridgehead atoms. The van der Waals surface area contributed by atoms with Crippen molar-refractivity contribution in [3.05, 3.63) is 23.8 Å². The van der Waals surface area contributed by atoms with Gasteiger partial charge < -0.3 is 14.2 Å². The molecule has 4 nitrogen and oxygen atoms in total. The first-order valence-electron chi connectivity index (χ1n) is 7.70. The summed E-state index contributed by atoms with van der Waals surface area (Å²) < 4.78 is 16.5. The average molecular weight is 293 g/mol. The second-order valence-corrected chi connectivity index (χ2v) is 5.80. The summed E-state index contributed by atoms with van der Waals surface area (Å²) in [4.78, 5) is 2.49. The van der Waals surface area contributed by atoms with Crippen molar-refractivity contribution in [2.75, 3.05) is 27.4 Å². The lowest BCUT2D eigenvalue weighted by molar-refractivity contribution is 0.0554. The smallest absolute Gasteiger partial charge is 0.123 e. The standard InChI is InChI=1S/C17H27NO3/c1-13(2)21-10-9-18(15-5-6-15)12-14-11-16(19-3)7-8-17(14)20-4/h7-8,11,13,15H,5-6,9-10,12H2,1-4H3. The van der Waals surface area contributed by atoms with Crippen LogP contribution in [0, 0.1) is 0 Å². The average Bonchev–Trinajstić information content (AvgIpc) is 3.30. The van der Waals surface area contributed by atoms with Gasteiger partial charge in [-0.05, 0) is 44.9 Å². The van der Waals surface area contributed by atoms with Gasteiger partial charge in [0.05, 0.1) is 26.9 Å². The number of ether oxygens (including phenoxy) is 3. The van der Waals surface area contributed by atoms with Gasteiger partial charge in [-0.25, -0.2) is 0 Å². The first-order valence-corrected chi connectivity index (χ1v) is 7.70. The first-order chi connectivity index (χ1) is 10.1. The Morgan fingerprint density at radius 1 is 1.19 bits per heavy atom. The van der Waals surface area contributed by atoms with Crippen LogP contribution < -0.4 is 9.47 Å². The molecule has 0 amide bonds. The van der Waals surface area contributed by atoms with E-state index in [4.69, 9.17) is 14.2 Å². The third-order valence-electron chi connectivity index (χ3n) is 3.75. The number of methoxy groups -OCH3 is 2. The van der Waals surface area contributed by atoms with Crippen molar-refractivity contribution in [1.82, 2.24) is 4.90 Å². The van der Waals surface area contributed by atoms with Gasteiger partial charge in [0.15, 0.2) is 0 Å². The van der Waals surface area contributed by atoms with Crippen LogP contribution in [0.5, 0.6) is 11.5 Å². The Hall–Kier alpha value is -1.26. The third-order valence-corrected chi connectivity index (χ3v) is 3.75. The fourth-order valence-corrected chi connectivity index (χ4v) is 2.46. The molecule has 0 radical (unpaired) electrons. The lowest BCUT2D eigenvalue weighted by Crippen LogP contribution is -2.30. The summed E-state index contributed by atoms with van der Waals surface area (Å²) in [5.41, 5.74) is 1.17. The van der Waals surface area contributed by atoms with Crippen molar-refractivity contribution >= 4 is 0 Å². The second kappa shape index (κ2) is 7.66. The van der Waals surface area contributed by atoms with Crippen LogP contribution in [-0.4, -0.2) is 44.4 Å². The highest BCUT2D eigenvalue weighted by Crippen LogP contribution is 2.31. The van der Waals surface area contributed by atoms with Crippen molar-refractivity contribution in [3.63, 3.8) is 0 Å². The van der Waals surface area contributed by atoms with Crippen molar-refractivity contribution in [3.8, 4) is 11.5 Å². The van der Waals surface area contributed by atoms with Gasteiger partial charge in [-0.1, -0.05) is 0 Å². The molecule has 4 heteroatoms. The second-order valence-electron chi connectivity index (χ2n) is 5.80. The van der Waals surface area contributed by atoms with Crippen LogP contribution in [0.2, 0.25) is 0 Å². The maximum Gasteiger partial charge on any atom is 0.123 e. The Balaban J connectivity index is 2.02. The van der Waals surface area contributed by atoms with E-state index >= 15 is 0 Å². The van der Waals surface area contributed by atoms with E-state index in [0.717, 1.165) is 31.2 Å². The van der Waals surface area contributed by atoms with Crippen LogP contribution in [-0.2, 0) is 11.3 Å². The van der Waals surface area contributed by atoms with E-state index in [2.05, 4.69) is 24.8 Å². The normalized spacial score (nSPS) is 14.8. The van der Waals surface area contributed by atoms with Gasteiger partial charge in [0.1, 0.15) is 11.5 Å². The van der Waals surface area contributed by atoms with Gasteiger partial charge in [0.25, 0.3) is 0 Å². The molecule has 0 aromatic heterocycles. The van der Waals surface area contributed by atoms with Gasteiger partial charge in [0, 0.05) is 24.7 Å². The predicted octanol–water partition coefficient (Wildman–Crippen LogP) is 3.09. The van der Waals surface area contributed by atoms with E-state index in [-0.39, 0.29) is 6.10 Å². The molecule has 2 rings (SSSR count). The summed E-state index contributed by atoms with van der Waals surface area (Å²) in [6.45, 7) is 6.77. The number of rotatable bonds is 9. The van der Waals surface area contributed by atoms with E-state index < -0.39 is 0 Å². The van der Waals surface area contributed by atoms with Gasteiger partial charge in [-0.2, -0.15) is 0 Å². The van der Waals surface area contributed by atoms with Crippen LogP contribution >= 0.6 is 0 Å². The minimum atomic E-state index is 0.289. The van der Waals surface area contributed by atoms with Crippen molar-refractivity contribution in [2.24, 2.45) is 0 Å². The Labute approximate surface area is 128 Å². The molecule has 1 aromatic carbocycles. The van der Waals surface area contributed by atoms with Crippen molar-refractivity contribution in [2.45, 2.75) is 45.4 Å². The number of benzene rings is 1. The molecule has 0 atom stereocenters. The molecule has 0 heterocycles. The van der Waals surface area contributed by atoms with Gasteiger partial charge in [0.2, 0.25) is 0 Å². The highest BCUT2D eigenvalue weighted by molar-refractivity contribution is 5.40. The molecule has 118 valence electrons. The molecular formula is C17H27NO3. The summed E-state index contributed by atoms with van der Waals surface area (Å²) >= 11 is 0. The Morgan fingerprint density at radius 2 is 1.95 bits per heavy atom. The van der Waals surface area contributed by atoms with E-state index in [9.17, 15) is 0 Å². The van der Waals surface area contributed by atoms with Crippen LogP contribution in [0.15, 0.2) is 18.2 Å². The minimum Gasteiger partial charge on any atom is -0.497 e. The topological polar surface area (TPSA) is 30.9 Å². The zero-order chi connectivity index (χ0) is 15.2. The van der Waals surface area contributed by atoms with Crippen molar-refractivity contribution < 1.29 is 14.2 Å². The van der Waals surface area contributed by atoms with Crippen LogP contribution in [0.1, 0.15) is 32.3 Å². The van der Waals surface area contributed by atoms with Gasteiger partial charge in [-0.15, -0.1) is 0 Å². The Kier molecular flexibility index (Phi) is 5.88. The summed E-state index contributed by atoms with van der Waals surface area (Å²) in [6, 6.07) is 6.67. The fraction of sp³-hybridized carbons (Fsp3) is 0.647. The van der Waals surface area contributed by atoms with Crippen LogP contribution in [0.4, 0.5) is 0 Å². The van der Waals surface area contributed by atoms with Crippen molar-refractivity contribution in [1.29, 1.82) is 0 Å². The van der Waals surface area contributed by atoms with E-state index in [1.165, 1.54) is 18.4 Å². The first kappa shape index (κ1) is 16.1. The van der Waals surface area contributed by atoms with Gasteiger partial charge in [-0.3, -0.25) is 4.90 Å². The number of nitrogens with zero attached hydrogens (tertiary/aromatic N) is 1. The molecule has 0 spiro atoms. The monoisotopic (exact) mass is 293 g/mol. The Morgan fingerprint density at radius 3 is 2.52 bits per heavy atom. The molecule has 0 saturated heterocycles. The molecule has 1 saturated carbocycles. The quantitative estimate of drug-likeness (QED) is 0.700. The molecule has 1 fully saturated rings. The maximum absolute atomic E-state index is 5.69. The van der Waals surface area contributed by atoms with Crippen LogP contribution in [0.3, 0.4) is 0 Å².